The second-order valence-electron chi connectivity index (χ2n) is 5.97. The molecular formula is C11H17BrNO4S4+. The third kappa shape index (κ3) is 2.72. The molecule has 3 aliphatic rings. The summed E-state index contributed by atoms with van der Waals surface area (Å²) in [4.78, 5) is 0. The van der Waals surface area contributed by atoms with Gasteiger partial charge in [-0.3, -0.25) is 0 Å². The maximum Gasteiger partial charge on any atom is 0.271 e. The van der Waals surface area contributed by atoms with Gasteiger partial charge in [-0.05, 0) is 30.4 Å². The second kappa shape index (κ2) is 5.12. The highest BCUT2D eigenvalue weighted by Crippen LogP contribution is 2.57. The highest BCUT2D eigenvalue weighted by Gasteiger charge is 2.62. The number of thioether (sulfide) groups is 2. The van der Waals surface area contributed by atoms with Crippen LogP contribution < -0.4 is 0 Å². The molecule has 21 heavy (non-hydrogen) atoms. The molecule has 3 rings (SSSR count). The fourth-order valence-electron chi connectivity index (χ4n) is 2.95. The van der Waals surface area contributed by atoms with Crippen LogP contribution in [0.15, 0.2) is 0 Å². The molecule has 3 heterocycles. The van der Waals surface area contributed by atoms with Gasteiger partial charge in [0.2, 0.25) is 0 Å². The minimum Gasteiger partial charge on any atom is -0.229 e. The third-order valence-electron chi connectivity index (χ3n) is 4.38. The van der Waals surface area contributed by atoms with Gasteiger partial charge in [0.05, 0.1) is 16.3 Å². The van der Waals surface area contributed by atoms with Crippen molar-refractivity contribution in [2.45, 2.75) is 33.5 Å². The quantitative estimate of drug-likeness (QED) is 0.451. The lowest BCUT2D eigenvalue weighted by molar-refractivity contribution is -0.526. The molecule has 0 radical (unpaired) electrons. The molecule has 3 fully saturated rings. The summed E-state index contributed by atoms with van der Waals surface area (Å²) in [5, 5.41) is 0.0207. The van der Waals surface area contributed by atoms with Crippen LogP contribution in [0.2, 0.25) is 0 Å². The molecule has 0 aromatic rings. The van der Waals surface area contributed by atoms with E-state index in [2.05, 4.69) is 15.9 Å². The molecule has 0 bridgehead atoms. The number of hydrogen-bond acceptors (Lipinski definition) is 6. The van der Waals surface area contributed by atoms with Crippen LogP contribution in [-0.2, 0) is 19.7 Å². The summed E-state index contributed by atoms with van der Waals surface area (Å²) < 4.78 is 49.4. The van der Waals surface area contributed by atoms with Crippen molar-refractivity contribution in [2.24, 2.45) is 0 Å². The van der Waals surface area contributed by atoms with Crippen molar-refractivity contribution in [1.29, 1.82) is 0 Å². The Kier molecular flexibility index (Phi) is 4.05. The lowest BCUT2D eigenvalue weighted by Gasteiger charge is -2.21. The Balaban J connectivity index is 1.87. The Labute approximate surface area is 142 Å². The van der Waals surface area contributed by atoms with Gasteiger partial charge in [-0.1, -0.05) is 15.9 Å². The zero-order valence-corrected chi connectivity index (χ0v) is 16.5. The smallest absolute Gasteiger partial charge is 0.229 e. The fraction of sp³-hybridized carbons (Fsp3) is 0.909. The van der Waals surface area contributed by atoms with Crippen LogP contribution in [0.3, 0.4) is 0 Å². The Hall–Kier alpha value is 0.750. The number of fused-ring (bicyclic) bond motifs is 1. The van der Waals surface area contributed by atoms with Gasteiger partial charge in [0, 0.05) is 11.7 Å². The van der Waals surface area contributed by atoms with E-state index in [9.17, 15) is 16.8 Å². The number of nitrogens with zero attached hydrogens (tertiary/aromatic N) is 1. The molecule has 0 saturated carbocycles. The summed E-state index contributed by atoms with van der Waals surface area (Å²) in [6.45, 7) is 1.98. The van der Waals surface area contributed by atoms with E-state index in [4.69, 9.17) is 0 Å². The Morgan fingerprint density at radius 1 is 1.29 bits per heavy atom. The van der Waals surface area contributed by atoms with Crippen LogP contribution in [0.1, 0.15) is 13.3 Å². The number of rotatable bonds is 1. The van der Waals surface area contributed by atoms with Crippen LogP contribution in [-0.4, -0.2) is 70.3 Å². The molecule has 0 aromatic carbocycles. The number of alkyl halides is 1. The highest BCUT2D eigenvalue weighted by atomic mass is 79.9. The normalized spacial score (nSPS) is 46.5. The monoisotopic (exact) mass is 434 g/mol. The number of sulfone groups is 2. The van der Waals surface area contributed by atoms with E-state index in [1.165, 1.54) is 0 Å². The minimum absolute atomic E-state index is 0.0119. The molecule has 0 spiro atoms. The van der Waals surface area contributed by atoms with Gasteiger partial charge in [0.15, 0.2) is 25.7 Å². The molecule has 0 unspecified atom stereocenters. The molecule has 5 nitrogen and oxygen atoms in total. The van der Waals surface area contributed by atoms with Crippen molar-refractivity contribution in [3.8, 4) is 0 Å². The van der Waals surface area contributed by atoms with E-state index in [1.54, 1.807) is 23.5 Å². The Bertz CT molecular complexity index is 717. The van der Waals surface area contributed by atoms with E-state index in [0.29, 0.717) is 6.42 Å². The van der Waals surface area contributed by atoms with E-state index in [0.717, 1.165) is 4.38 Å². The third-order valence-corrected chi connectivity index (χ3v) is 14.9. The molecule has 0 N–H and O–H groups in total. The van der Waals surface area contributed by atoms with Crippen molar-refractivity contribution in [1.82, 2.24) is 0 Å². The molecule has 3 saturated heterocycles. The molecule has 3 aliphatic heterocycles. The van der Waals surface area contributed by atoms with Crippen LogP contribution in [0.4, 0.5) is 0 Å². The van der Waals surface area contributed by atoms with Crippen LogP contribution in [0, 0.1) is 0 Å². The summed E-state index contributed by atoms with van der Waals surface area (Å²) in [5.41, 5.74) is 0. The largest absolute Gasteiger partial charge is 0.271 e. The highest BCUT2D eigenvalue weighted by molar-refractivity contribution is 9.11. The minimum atomic E-state index is -3.08. The maximum atomic E-state index is 12.0. The summed E-state index contributed by atoms with van der Waals surface area (Å²) >= 11 is 6.51. The average Bonchev–Trinajstić information content (AvgIpc) is 2.93. The molecule has 0 amide bonds. The van der Waals surface area contributed by atoms with Gasteiger partial charge >= 0.3 is 0 Å². The van der Waals surface area contributed by atoms with Crippen LogP contribution >= 0.6 is 39.5 Å². The standard InChI is InChI=1S/C11H17BrNO4S4/c1-11-8(6-21(16,17)9(11)12)18-10(19-11)13(2)7-3-4-20(14,15)5-7/h7-9H,3-6H2,1-2H3/q+1/t7-,8-,9+,11-/m1/s1. The van der Waals surface area contributed by atoms with Gasteiger partial charge in [-0.2, -0.15) is 0 Å². The van der Waals surface area contributed by atoms with Crippen molar-refractivity contribution in [3.05, 3.63) is 0 Å². The first-order valence-electron chi connectivity index (χ1n) is 6.57. The predicted octanol–water partition coefficient (Wildman–Crippen LogP) is 0.929. The van der Waals surface area contributed by atoms with Gasteiger partial charge in [0.1, 0.15) is 17.0 Å². The van der Waals surface area contributed by atoms with Gasteiger partial charge < -0.3 is 0 Å². The Morgan fingerprint density at radius 3 is 2.48 bits per heavy atom. The SMILES string of the molecule is C[N+](=C1S[C@@H]2CS(=O)(=O)[C@H](Br)[C@]2(C)S1)[C@@H]1CCS(=O)(=O)C1. The predicted molar refractivity (Wildman–Crippen MR) is 92.1 cm³/mol. The lowest BCUT2D eigenvalue weighted by atomic mass is 10.1. The van der Waals surface area contributed by atoms with E-state index >= 15 is 0 Å². The molecule has 0 aromatic heterocycles. The van der Waals surface area contributed by atoms with Gasteiger partial charge in [0.25, 0.3) is 4.38 Å². The summed E-state index contributed by atoms with van der Waals surface area (Å²) in [6.07, 6.45) is 0.654. The average molecular weight is 435 g/mol. The van der Waals surface area contributed by atoms with Crippen LogP contribution in [0.5, 0.6) is 0 Å². The first-order chi connectivity index (χ1) is 9.55. The fourth-order valence-corrected chi connectivity index (χ4v) is 12.7. The summed E-state index contributed by atoms with van der Waals surface area (Å²) in [7, 11) is -4.07. The molecule has 120 valence electrons. The summed E-state index contributed by atoms with van der Waals surface area (Å²) in [5.74, 6) is 0.629. The number of hydrogen-bond donors (Lipinski definition) is 0. The van der Waals surface area contributed by atoms with Crippen molar-refractivity contribution >= 4 is 63.5 Å². The topological polar surface area (TPSA) is 71.3 Å². The lowest BCUT2D eigenvalue weighted by Crippen LogP contribution is -2.34. The molecule has 0 aliphatic carbocycles. The van der Waals surface area contributed by atoms with Gasteiger partial charge in [-0.25, -0.2) is 21.4 Å². The molecule has 10 heteroatoms. The van der Waals surface area contributed by atoms with E-state index in [1.807, 2.05) is 18.5 Å². The molecule has 4 atom stereocenters. The second-order valence-corrected chi connectivity index (χ2v) is 14.8. The van der Waals surface area contributed by atoms with Crippen molar-refractivity contribution in [3.63, 3.8) is 0 Å². The van der Waals surface area contributed by atoms with E-state index < -0.39 is 23.8 Å². The summed E-state index contributed by atoms with van der Waals surface area (Å²) in [6, 6.07) is 0.0119. The van der Waals surface area contributed by atoms with Gasteiger partial charge in [-0.15, -0.1) is 0 Å². The Morgan fingerprint density at radius 2 is 1.95 bits per heavy atom. The van der Waals surface area contributed by atoms with Crippen LogP contribution in [0.25, 0.3) is 0 Å². The van der Waals surface area contributed by atoms with Crippen molar-refractivity contribution in [2.75, 3.05) is 24.3 Å². The first-order valence-corrected chi connectivity index (χ1v) is 12.7. The zero-order valence-electron chi connectivity index (χ0n) is 11.7. The number of halogens is 1. The zero-order chi connectivity index (χ0) is 15.6. The van der Waals surface area contributed by atoms with Crippen molar-refractivity contribution < 1.29 is 21.4 Å². The maximum absolute atomic E-state index is 12.0. The molecular weight excluding hydrogens is 418 g/mol. The first kappa shape index (κ1) is 16.6. The van der Waals surface area contributed by atoms with E-state index in [-0.39, 0.29) is 33.3 Å².